The molecule has 4 atom stereocenters. The van der Waals surface area contributed by atoms with Gasteiger partial charge in [-0.15, -0.1) is 0 Å². The summed E-state index contributed by atoms with van der Waals surface area (Å²) < 4.78 is 0. The van der Waals surface area contributed by atoms with Crippen LogP contribution in [0.2, 0.25) is 0 Å². The lowest BCUT2D eigenvalue weighted by Gasteiger charge is -2.25. The average molecular weight is 403 g/mol. The summed E-state index contributed by atoms with van der Waals surface area (Å²) in [4.78, 5) is 47.4. The molecule has 0 aromatic carbocycles. The fourth-order valence-corrected chi connectivity index (χ4v) is 2.33. The van der Waals surface area contributed by atoms with Gasteiger partial charge in [-0.3, -0.25) is 14.4 Å². The molecule has 9 N–H and O–H groups in total. The van der Waals surface area contributed by atoms with Crippen LogP contribution in [0.25, 0.3) is 0 Å². The van der Waals surface area contributed by atoms with E-state index >= 15 is 0 Å². The van der Waals surface area contributed by atoms with Gasteiger partial charge in [-0.1, -0.05) is 20.3 Å². The van der Waals surface area contributed by atoms with E-state index in [2.05, 4.69) is 16.0 Å². The molecule has 0 radical (unpaired) electrons. The first-order valence-corrected chi connectivity index (χ1v) is 9.25. The number of rotatable bonds is 13. The third kappa shape index (κ3) is 9.62. The maximum absolute atomic E-state index is 12.3. The van der Waals surface area contributed by atoms with E-state index in [9.17, 15) is 24.3 Å². The Hall–Kier alpha value is -2.24. The van der Waals surface area contributed by atoms with Crippen LogP contribution in [0.1, 0.15) is 40.0 Å². The van der Waals surface area contributed by atoms with E-state index in [4.69, 9.17) is 16.6 Å². The topological polar surface area (TPSA) is 197 Å². The molecule has 0 rings (SSSR count). The van der Waals surface area contributed by atoms with Gasteiger partial charge in [0.2, 0.25) is 17.7 Å². The van der Waals surface area contributed by atoms with Crippen molar-refractivity contribution >= 4 is 23.7 Å². The van der Waals surface area contributed by atoms with Crippen LogP contribution in [0, 0.1) is 5.92 Å². The molecule has 0 bridgehead atoms. The van der Waals surface area contributed by atoms with Crippen molar-refractivity contribution in [2.24, 2.45) is 17.4 Å². The maximum atomic E-state index is 12.3. The monoisotopic (exact) mass is 403 g/mol. The minimum Gasteiger partial charge on any atom is -0.480 e. The Morgan fingerprint density at radius 3 is 2.04 bits per heavy atom. The first-order valence-electron chi connectivity index (χ1n) is 9.25. The van der Waals surface area contributed by atoms with Gasteiger partial charge in [0.15, 0.2) is 6.04 Å². The second kappa shape index (κ2) is 13.0. The van der Waals surface area contributed by atoms with Crippen molar-refractivity contribution in [3.63, 3.8) is 0 Å². The van der Waals surface area contributed by atoms with E-state index < -0.39 is 47.9 Å². The van der Waals surface area contributed by atoms with Crippen molar-refractivity contribution in [3.05, 3.63) is 0 Å². The highest BCUT2D eigenvalue weighted by atomic mass is 16.4. The maximum Gasteiger partial charge on any atom is 0.328 e. The van der Waals surface area contributed by atoms with E-state index in [0.29, 0.717) is 19.4 Å². The van der Waals surface area contributed by atoms with Gasteiger partial charge in [-0.05, 0) is 32.2 Å². The smallest absolute Gasteiger partial charge is 0.328 e. The summed E-state index contributed by atoms with van der Waals surface area (Å²) in [5, 5.41) is 25.5. The summed E-state index contributed by atoms with van der Waals surface area (Å²) in [6.07, 6.45) is 0.569. The average Bonchev–Trinajstić information content (AvgIpc) is 2.61. The van der Waals surface area contributed by atoms with Gasteiger partial charge >= 0.3 is 5.97 Å². The molecule has 0 spiro atoms. The number of hydrogen-bond donors (Lipinski definition) is 7. The molecule has 4 unspecified atom stereocenters. The highest BCUT2D eigenvalue weighted by Crippen LogP contribution is 2.04. The molecule has 0 aromatic heterocycles. The fraction of sp³-hybridized carbons (Fsp3) is 0.765. The highest BCUT2D eigenvalue weighted by Gasteiger charge is 2.31. The number of carbonyl (C=O) groups excluding carboxylic acids is 3. The molecular weight excluding hydrogens is 370 g/mol. The van der Waals surface area contributed by atoms with Crippen molar-refractivity contribution in [3.8, 4) is 0 Å². The number of nitrogens with one attached hydrogen (secondary N) is 3. The fourth-order valence-electron chi connectivity index (χ4n) is 2.33. The van der Waals surface area contributed by atoms with Crippen molar-refractivity contribution in [2.45, 2.75) is 64.3 Å². The summed E-state index contributed by atoms with van der Waals surface area (Å²) in [6.45, 7) is 4.68. The van der Waals surface area contributed by atoms with Crippen LogP contribution in [0.5, 0.6) is 0 Å². The van der Waals surface area contributed by atoms with Crippen LogP contribution in [-0.2, 0) is 19.2 Å². The van der Waals surface area contributed by atoms with Crippen molar-refractivity contribution in [1.82, 2.24) is 16.0 Å². The molecule has 11 heteroatoms. The first kappa shape index (κ1) is 25.8. The lowest BCUT2D eigenvalue weighted by Crippen LogP contribution is -2.57. The summed E-state index contributed by atoms with van der Waals surface area (Å²) in [7, 11) is 0. The molecule has 162 valence electrons. The molecule has 3 amide bonds. The minimum atomic E-state index is -1.50. The molecule has 0 aromatic rings. The molecule has 0 heterocycles. The number of carboxylic acids is 1. The van der Waals surface area contributed by atoms with Gasteiger partial charge in [0.05, 0.1) is 18.7 Å². The Kier molecular flexibility index (Phi) is 12.0. The molecule has 11 nitrogen and oxygen atoms in total. The van der Waals surface area contributed by atoms with Crippen LogP contribution < -0.4 is 27.4 Å². The number of unbranched alkanes of at least 4 members (excludes halogenated alkanes) is 1. The van der Waals surface area contributed by atoms with Gasteiger partial charge in [0.25, 0.3) is 0 Å². The van der Waals surface area contributed by atoms with Crippen molar-refractivity contribution < 1.29 is 29.4 Å². The minimum absolute atomic E-state index is 0.360. The third-order valence-electron chi connectivity index (χ3n) is 4.04. The number of amides is 3. The van der Waals surface area contributed by atoms with Gasteiger partial charge < -0.3 is 37.6 Å². The number of hydrogen-bond acceptors (Lipinski definition) is 7. The van der Waals surface area contributed by atoms with E-state index in [0.717, 1.165) is 6.42 Å². The molecule has 0 fully saturated rings. The number of carboxylic acid groups (broad SMARTS) is 1. The normalized spacial score (nSPS) is 15.2. The van der Waals surface area contributed by atoms with E-state index in [1.165, 1.54) is 6.92 Å². The lowest BCUT2D eigenvalue weighted by atomic mass is 10.0. The van der Waals surface area contributed by atoms with Crippen molar-refractivity contribution in [2.75, 3.05) is 13.1 Å². The van der Waals surface area contributed by atoms with Crippen LogP contribution in [0.15, 0.2) is 0 Å². The zero-order valence-electron chi connectivity index (χ0n) is 16.6. The van der Waals surface area contributed by atoms with Crippen LogP contribution in [0.4, 0.5) is 0 Å². The van der Waals surface area contributed by atoms with E-state index in [-0.39, 0.29) is 12.5 Å². The van der Waals surface area contributed by atoms with Crippen molar-refractivity contribution in [1.29, 1.82) is 0 Å². The number of nitrogens with two attached hydrogens (primary N) is 2. The van der Waals surface area contributed by atoms with Crippen LogP contribution >= 0.6 is 0 Å². The Morgan fingerprint density at radius 1 is 0.964 bits per heavy atom. The Morgan fingerprint density at radius 2 is 1.57 bits per heavy atom. The first-order chi connectivity index (χ1) is 13.0. The summed E-state index contributed by atoms with van der Waals surface area (Å²) in [6, 6.07) is -3.30. The van der Waals surface area contributed by atoms with Gasteiger partial charge in [-0.25, -0.2) is 4.79 Å². The number of carbonyl (C=O) groups is 4. The second-order valence-electron chi connectivity index (χ2n) is 6.96. The standard InChI is InChI=1S/C17H33N5O6/c1-9(2)13(16(26)22-14(10(3)23)17(27)28)21-12(24)8-20-15(25)11(19)6-4-5-7-18/h9-11,13-14,23H,4-8,18-19H2,1-3H3,(H,20,25)(H,21,24)(H,22,26)(H,27,28). The van der Waals surface area contributed by atoms with Gasteiger partial charge in [0.1, 0.15) is 6.04 Å². The molecule has 0 aliphatic heterocycles. The molecule has 0 saturated heterocycles. The Balaban J connectivity index is 4.67. The predicted octanol–water partition coefficient (Wildman–Crippen LogP) is -2.35. The Labute approximate surface area is 164 Å². The molecule has 0 aliphatic carbocycles. The summed E-state index contributed by atoms with van der Waals surface area (Å²) >= 11 is 0. The molecule has 28 heavy (non-hydrogen) atoms. The summed E-state index contributed by atoms with van der Waals surface area (Å²) in [5.41, 5.74) is 11.1. The molecule has 0 saturated carbocycles. The van der Waals surface area contributed by atoms with E-state index in [1.54, 1.807) is 13.8 Å². The predicted molar refractivity (Wildman–Crippen MR) is 102 cm³/mol. The molecule has 0 aliphatic rings. The Bertz CT molecular complexity index is 540. The second-order valence-corrected chi connectivity index (χ2v) is 6.96. The number of aliphatic carboxylic acids is 1. The lowest BCUT2D eigenvalue weighted by molar-refractivity contribution is -0.145. The quantitative estimate of drug-likeness (QED) is 0.166. The highest BCUT2D eigenvalue weighted by molar-refractivity contribution is 5.92. The summed E-state index contributed by atoms with van der Waals surface area (Å²) in [5.74, 6) is -3.62. The number of aliphatic hydroxyl groups excluding tert-OH is 1. The zero-order valence-corrected chi connectivity index (χ0v) is 16.6. The van der Waals surface area contributed by atoms with Gasteiger partial charge in [-0.2, -0.15) is 0 Å². The SMILES string of the molecule is CC(C)C(NC(=O)CNC(=O)C(N)CCCCN)C(=O)NC(C(=O)O)C(C)O. The zero-order chi connectivity index (χ0) is 21.9. The molecular formula is C17H33N5O6. The van der Waals surface area contributed by atoms with E-state index in [1.807, 2.05) is 0 Å². The largest absolute Gasteiger partial charge is 0.480 e. The van der Waals surface area contributed by atoms with Crippen LogP contribution in [0.3, 0.4) is 0 Å². The number of aliphatic hydroxyl groups is 1. The van der Waals surface area contributed by atoms with Crippen LogP contribution in [-0.4, -0.2) is 71.2 Å². The third-order valence-corrected chi connectivity index (χ3v) is 4.04. The van der Waals surface area contributed by atoms with Gasteiger partial charge in [0, 0.05) is 0 Å².